The van der Waals surface area contributed by atoms with Gasteiger partial charge in [-0.25, -0.2) is 4.79 Å². The van der Waals surface area contributed by atoms with Gasteiger partial charge in [0.15, 0.2) is 0 Å². The fourth-order valence-corrected chi connectivity index (χ4v) is 3.23. The molecular formula is C24H44N4O7. The number of carbonyl (C=O) groups excluding carboxylic acids is 5. The summed E-state index contributed by atoms with van der Waals surface area (Å²) in [6.07, 6.45) is -0.789. The van der Waals surface area contributed by atoms with Crippen molar-refractivity contribution >= 4 is 30.5 Å². The summed E-state index contributed by atoms with van der Waals surface area (Å²) in [5, 5.41) is 18.6. The topological polar surface area (TPSA) is 163 Å². The number of aliphatic hydroxyl groups excluding tert-OH is 1. The van der Waals surface area contributed by atoms with Crippen LogP contribution in [0.15, 0.2) is 0 Å². The maximum absolute atomic E-state index is 12.8. The van der Waals surface area contributed by atoms with Gasteiger partial charge >= 0.3 is 6.09 Å². The van der Waals surface area contributed by atoms with Crippen LogP contribution in [0.2, 0.25) is 0 Å². The third-order valence-electron chi connectivity index (χ3n) is 5.28. The summed E-state index contributed by atoms with van der Waals surface area (Å²) in [5.41, 5.74) is 2.51. The summed E-state index contributed by atoms with van der Waals surface area (Å²) < 4.78 is 0. The Hall–Kier alpha value is -2.53. The molecule has 5 atom stereocenters. The average Bonchev–Trinajstić information content (AvgIpc) is 2.77. The Morgan fingerprint density at radius 1 is 0.886 bits per heavy atom. The van der Waals surface area contributed by atoms with Crippen molar-refractivity contribution < 1.29 is 33.9 Å². The van der Waals surface area contributed by atoms with E-state index in [0.29, 0.717) is 25.5 Å². The minimum absolute atomic E-state index is 0.0573. The average molecular weight is 501 g/mol. The molecule has 0 aliphatic rings. The molecule has 0 aromatic carbocycles. The first-order valence-electron chi connectivity index (χ1n) is 12.2. The van der Waals surface area contributed by atoms with E-state index in [-0.39, 0.29) is 42.4 Å². The SMILES string of the molecule is CC(C)CNC(=O)[C@@H](NC(=O)[C@H](C)C[C@H](O)[C@H](CC(C)C)NOC(=O)NC(C=O)CC=O)C(C)C. The molecule has 202 valence electrons. The van der Waals surface area contributed by atoms with Crippen LogP contribution in [-0.4, -0.2) is 66.4 Å². The van der Waals surface area contributed by atoms with E-state index in [4.69, 9.17) is 4.84 Å². The molecule has 0 aromatic heterocycles. The molecular weight excluding hydrogens is 456 g/mol. The Bertz CT molecular complexity index is 685. The highest BCUT2D eigenvalue weighted by atomic mass is 16.7. The van der Waals surface area contributed by atoms with Crippen LogP contribution in [0.1, 0.15) is 67.7 Å². The molecule has 0 saturated carbocycles. The summed E-state index contributed by atoms with van der Waals surface area (Å²) in [4.78, 5) is 63.6. The molecule has 0 aromatic rings. The van der Waals surface area contributed by atoms with Crippen LogP contribution < -0.4 is 21.4 Å². The van der Waals surface area contributed by atoms with E-state index in [1.165, 1.54) is 0 Å². The van der Waals surface area contributed by atoms with Crippen LogP contribution in [0.4, 0.5) is 4.79 Å². The van der Waals surface area contributed by atoms with Crippen molar-refractivity contribution in [2.75, 3.05) is 6.54 Å². The van der Waals surface area contributed by atoms with Crippen LogP contribution >= 0.6 is 0 Å². The molecule has 5 N–H and O–H groups in total. The lowest BCUT2D eigenvalue weighted by Gasteiger charge is -2.28. The molecule has 11 heteroatoms. The first-order chi connectivity index (χ1) is 16.3. The molecule has 0 aliphatic heterocycles. The monoisotopic (exact) mass is 500 g/mol. The third kappa shape index (κ3) is 13.8. The lowest BCUT2D eigenvalue weighted by molar-refractivity contribution is -0.132. The van der Waals surface area contributed by atoms with Gasteiger partial charge in [0, 0.05) is 18.9 Å². The highest BCUT2D eigenvalue weighted by Gasteiger charge is 2.30. The smallest absolute Gasteiger partial charge is 0.391 e. The van der Waals surface area contributed by atoms with Gasteiger partial charge in [-0.3, -0.25) is 9.59 Å². The van der Waals surface area contributed by atoms with Crippen LogP contribution in [0.25, 0.3) is 0 Å². The number of hydrogen-bond donors (Lipinski definition) is 5. The van der Waals surface area contributed by atoms with E-state index in [0.717, 1.165) is 0 Å². The number of aliphatic hydroxyl groups is 1. The van der Waals surface area contributed by atoms with Gasteiger partial charge in [0.25, 0.3) is 0 Å². The quantitative estimate of drug-likeness (QED) is 0.146. The molecule has 0 rings (SSSR count). The second-order valence-electron chi connectivity index (χ2n) is 10.1. The third-order valence-corrected chi connectivity index (χ3v) is 5.28. The van der Waals surface area contributed by atoms with Gasteiger partial charge in [-0.05, 0) is 30.6 Å². The van der Waals surface area contributed by atoms with Gasteiger partial charge < -0.3 is 35.5 Å². The number of nitrogens with one attached hydrogen (secondary N) is 4. The van der Waals surface area contributed by atoms with Gasteiger partial charge in [-0.15, -0.1) is 5.48 Å². The molecule has 0 bridgehead atoms. The van der Waals surface area contributed by atoms with Crippen molar-refractivity contribution in [2.45, 2.75) is 92.0 Å². The predicted molar refractivity (Wildman–Crippen MR) is 131 cm³/mol. The van der Waals surface area contributed by atoms with Gasteiger partial charge in [-0.1, -0.05) is 48.5 Å². The van der Waals surface area contributed by atoms with Crippen molar-refractivity contribution in [1.82, 2.24) is 21.4 Å². The summed E-state index contributed by atoms with van der Waals surface area (Å²) >= 11 is 0. The van der Waals surface area contributed by atoms with E-state index in [1.54, 1.807) is 6.92 Å². The van der Waals surface area contributed by atoms with Crippen molar-refractivity contribution in [3.8, 4) is 0 Å². The molecule has 35 heavy (non-hydrogen) atoms. The zero-order chi connectivity index (χ0) is 27.1. The summed E-state index contributed by atoms with van der Waals surface area (Å²) in [5.74, 6) is -0.962. The second kappa shape index (κ2) is 17.0. The summed E-state index contributed by atoms with van der Waals surface area (Å²) in [7, 11) is 0. The Morgan fingerprint density at radius 3 is 2.00 bits per heavy atom. The second-order valence-corrected chi connectivity index (χ2v) is 10.1. The molecule has 0 heterocycles. The molecule has 11 nitrogen and oxygen atoms in total. The van der Waals surface area contributed by atoms with Crippen LogP contribution in [0.5, 0.6) is 0 Å². The van der Waals surface area contributed by atoms with Crippen molar-refractivity contribution in [2.24, 2.45) is 23.7 Å². The maximum Gasteiger partial charge on any atom is 0.426 e. The van der Waals surface area contributed by atoms with Gasteiger partial charge in [0.2, 0.25) is 11.8 Å². The Balaban J connectivity index is 5.04. The van der Waals surface area contributed by atoms with Crippen molar-refractivity contribution in [1.29, 1.82) is 0 Å². The van der Waals surface area contributed by atoms with Crippen LogP contribution in [0.3, 0.4) is 0 Å². The van der Waals surface area contributed by atoms with Gasteiger partial charge in [-0.2, -0.15) is 0 Å². The van der Waals surface area contributed by atoms with E-state index in [1.807, 2.05) is 41.5 Å². The fourth-order valence-electron chi connectivity index (χ4n) is 3.23. The first kappa shape index (κ1) is 32.5. The molecule has 3 amide bonds. The van der Waals surface area contributed by atoms with Crippen LogP contribution in [-0.2, 0) is 24.0 Å². The van der Waals surface area contributed by atoms with Crippen LogP contribution in [0, 0.1) is 23.7 Å². The number of amides is 3. The van der Waals surface area contributed by atoms with Gasteiger partial charge in [0.05, 0.1) is 18.2 Å². The predicted octanol–water partition coefficient (Wildman–Crippen LogP) is 1.09. The van der Waals surface area contributed by atoms with E-state index in [9.17, 15) is 29.1 Å². The Kier molecular flexibility index (Phi) is 15.8. The molecule has 0 aliphatic carbocycles. The Labute approximate surface area is 208 Å². The molecule has 1 unspecified atom stereocenters. The zero-order valence-corrected chi connectivity index (χ0v) is 22.0. The van der Waals surface area contributed by atoms with E-state index >= 15 is 0 Å². The number of aldehydes is 2. The summed E-state index contributed by atoms with van der Waals surface area (Å²) in [6.45, 7) is 13.6. The largest absolute Gasteiger partial charge is 0.426 e. The molecule has 0 saturated heterocycles. The zero-order valence-electron chi connectivity index (χ0n) is 22.0. The molecule has 0 spiro atoms. The number of hydrogen-bond acceptors (Lipinski definition) is 8. The van der Waals surface area contributed by atoms with Crippen molar-refractivity contribution in [3.05, 3.63) is 0 Å². The molecule has 0 radical (unpaired) electrons. The Morgan fingerprint density at radius 2 is 1.51 bits per heavy atom. The minimum Gasteiger partial charge on any atom is -0.391 e. The standard InChI is InChI=1S/C24H44N4O7/c1-14(2)10-19(28-35-24(34)26-18(13-30)8-9-29)20(31)11-17(7)22(32)27-21(16(5)6)23(33)25-12-15(3)4/h9,13-21,28,31H,8,10-12H2,1-7H3,(H,25,33)(H,26,34)(H,27,32)/t17-,18?,19+,20+,21+/m1/s1. The normalized spacial score (nSPS) is 15.6. The van der Waals surface area contributed by atoms with E-state index in [2.05, 4.69) is 21.4 Å². The minimum atomic E-state index is -1.05. The highest BCUT2D eigenvalue weighted by Crippen LogP contribution is 2.16. The lowest BCUT2D eigenvalue weighted by Crippen LogP contribution is -2.52. The maximum atomic E-state index is 12.8. The van der Waals surface area contributed by atoms with Gasteiger partial charge in [0.1, 0.15) is 18.6 Å². The summed E-state index contributed by atoms with van der Waals surface area (Å²) in [6, 6.07) is -2.40. The van der Waals surface area contributed by atoms with E-state index < -0.39 is 36.2 Å². The molecule has 0 fully saturated rings. The first-order valence-corrected chi connectivity index (χ1v) is 12.2. The fraction of sp³-hybridized carbons (Fsp3) is 0.792. The highest BCUT2D eigenvalue weighted by molar-refractivity contribution is 5.88. The number of carbonyl (C=O) groups is 5. The number of hydroxylamine groups is 1. The number of rotatable bonds is 17. The van der Waals surface area contributed by atoms with Crippen molar-refractivity contribution in [3.63, 3.8) is 0 Å². The lowest BCUT2D eigenvalue weighted by atomic mass is 9.92.